The number of hydrogen-bond acceptors (Lipinski definition) is 4. The van der Waals surface area contributed by atoms with Crippen LogP contribution in [0.4, 0.5) is 5.69 Å². The third kappa shape index (κ3) is 3.17. The van der Waals surface area contributed by atoms with Crippen LogP contribution in [0.15, 0.2) is 38.3 Å². The molecule has 3 heterocycles. The van der Waals surface area contributed by atoms with Gasteiger partial charge in [-0.25, -0.2) is 8.42 Å². The summed E-state index contributed by atoms with van der Waals surface area (Å²) >= 11 is 4.83. The monoisotopic (exact) mass is 560 g/mol. The molecule has 3 aliphatic carbocycles. The molecule has 0 radical (unpaired) electrons. The summed E-state index contributed by atoms with van der Waals surface area (Å²) in [6.07, 6.45) is 11.0. The Kier molecular flexibility index (Phi) is 4.65. The molecule has 0 unspecified atom stereocenters. The lowest BCUT2D eigenvalue weighted by Crippen LogP contribution is -2.61. The second kappa shape index (κ2) is 7.17. The van der Waals surface area contributed by atoms with Gasteiger partial charge >= 0.3 is 0 Å². The number of amides is 1. The van der Waals surface area contributed by atoms with Crippen LogP contribution in [0.25, 0.3) is 0 Å². The van der Waals surface area contributed by atoms with Crippen LogP contribution in [0.3, 0.4) is 0 Å². The lowest BCUT2D eigenvalue weighted by Gasteiger charge is -2.54. The summed E-state index contributed by atoms with van der Waals surface area (Å²) in [7, 11) is -3.51. The minimum atomic E-state index is -3.51. The van der Waals surface area contributed by atoms with Crippen LogP contribution < -0.4 is 4.90 Å². The van der Waals surface area contributed by atoms with Crippen LogP contribution in [0.2, 0.25) is 0 Å². The smallest absolute Gasteiger partial charge is 0.259 e. The topological polar surface area (TPSA) is 57.7 Å². The highest BCUT2D eigenvalue weighted by atomic mass is 79.9. The number of anilines is 1. The van der Waals surface area contributed by atoms with Gasteiger partial charge in [0.1, 0.15) is 4.21 Å². The van der Waals surface area contributed by atoms with Crippen molar-refractivity contribution in [2.75, 3.05) is 24.5 Å². The summed E-state index contributed by atoms with van der Waals surface area (Å²) in [5.74, 6) is -0.0797. The molecular formula is C26H29BrN2O3S2. The van der Waals surface area contributed by atoms with E-state index < -0.39 is 10.0 Å². The van der Waals surface area contributed by atoms with Gasteiger partial charge in [0.2, 0.25) is 0 Å². The molecule has 1 aromatic carbocycles. The Balaban J connectivity index is 1.15. The number of hydrogen-bond donors (Lipinski definition) is 0. The summed E-state index contributed by atoms with van der Waals surface area (Å²) in [6, 6.07) is 7.87. The third-order valence-corrected chi connectivity index (χ3v) is 13.3. The van der Waals surface area contributed by atoms with Gasteiger partial charge < -0.3 is 4.90 Å². The quantitative estimate of drug-likeness (QED) is 0.466. The highest BCUT2D eigenvalue weighted by Gasteiger charge is 2.54. The van der Waals surface area contributed by atoms with E-state index in [2.05, 4.69) is 28.1 Å². The van der Waals surface area contributed by atoms with Crippen molar-refractivity contribution in [3.05, 3.63) is 45.2 Å². The summed E-state index contributed by atoms with van der Waals surface area (Å²) in [6.45, 7) is 1.96. The standard InChI is InChI=1S/C26H29BrN2O3S2/c27-19-2-3-21-20(13-19)26(10-8-24(6-7-24)9-11-26)17-29(21)23(30)18-12-22(33-14-18)34(31,32)28-15-25(16-28)4-1-5-25/h2-3,12-14H,1,4-11,15-17H2. The number of rotatable bonds is 3. The van der Waals surface area contributed by atoms with E-state index in [-0.39, 0.29) is 16.7 Å². The first-order chi connectivity index (χ1) is 16.2. The van der Waals surface area contributed by atoms with Gasteiger partial charge in [-0.3, -0.25) is 4.79 Å². The van der Waals surface area contributed by atoms with Crippen molar-refractivity contribution in [3.8, 4) is 0 Å². The zero-order valence-corrected chi connectivity index (χ0v) is 22.4. The largest absolute Gasteiger partial charge is 0.307 e. The van der Waals surface area contributed by atoms with Gasteiger partial charge in [0, 0.05) is 40.6 Å². The fraction of sp³-hybridized carbons (Fsp3) is 0.577. The molecule has 2 aliphatic heterocycles. The van der Waals surface area contributed by atoms with E-state index in [0.29, 0.717) is 34.8 Å². The maximum atomic E-state index is 13.7. The van der Waals surface area contributed by atoms with Crippen molar-refractivity contribution < 1.29 is 13.2 Å². The van der Waals surface area contributed by atoms with Gasteiger partial charge in [0.15, 0.2) is 0 Å². The second-order valence-corrected chi connectivity index (χ2v) is 15.6. The normalized spacial score (nSPS) is 25.9. The predicted molar refractivity (Wildman–Crippen MR) is 137 cm³/mol. The number of halogens is 1. The molecule has 2 aromatic rings. The van der Waals surface area contributed by atoms with Gasteiger partial charge in [-0.05, 0) is 92.0 Å². The fourth-order valence-corrected chi connectivity index (χ4v) is 10.2. The Morgan fingerprint density at radius 3 is 2.26 bits per heavy atom. The molecule has 5 nitrogen and oxygen atoms in total. The zero-order valence-electron chi connectivity index (χ0n) is 19.2. The summed E-state index contributed by atoms with van der Waals surface area (Å²) in [4.78, 5) is 15.6. The van der Waals surface area contributed by atoms with Crippen molar-refractivity contribution in [2.45, 2.75) is 67.4 Å². The van der Waals surface area contributed by atoms with E-state index in [1.54, 1.807) is 15.8 Å². The fourth-order valence-electron chi connectivity index (χ4n) is 6.90. The van der Waals surface area contributed by atoms with Crippen LogP contribution in [0, 0.1) is 10.8 Å². The molecular weight excluding hydrogens is 532 g/mol. The Labute approximate surface area is 213 Å². The first-order valence-electron chi connectivity index (χ1n) is 12.4. The van der Waals surface area contributed by atoms with Crippen molar-refractivity contribution >= 4 is 48.9 Å². The Morgan fingerprint density at radius 2 is 1.62 bits per heavy atom. The average Bonchev–Trinajstić information content (AvgIpc) is 3.20. The second-order valence-electron chi connectivity index (χ2n) is 11.6. The molecule has 5 aliphatic rings. The minimum Gasteiger partial charge on any atom is -0.307 e. The highest BCUT2D eigenvalue weighted by molar-refractivity contribution is 9.10. The van der Waals surface area contributed by atoms with Crippen molar-refractivity contribution in [2.24, 2.45) is 10.8 Å². The molecule has 0 N–H and O–H groups in total. The molecule has 1 aromatic heterocycles. The Bertz CT molecular complexity index is 1290. The predicted octanol–water partition coefficient (Wildman–Crippen LogP) is 5.94. The molecule has 0 atom stereocenters. The first-order valence-corrected chi connectivity index (χ1v) is 15.6. The SMILES string of the molecule is O=C(c1csc(S(=O)(=O)N2CC3(CCC3)C2)c1)N1CC2(CCC3(CC3)CC2)c2cc(Br)ccc21. The molecule has 1 amide bonds. The number of fused-ring (bicyclic) bond motifs is 2. The van der Waals surface area contributed by atoms with Crippen LogP contribution in [0.5, 0.6) is 0 Å². The van der Waals surface area contributed by atoms with Crippen LogP contribution in [0.1, 0.15) is 73.7 Å². The van der Waals surface area contributed by atoms with E-state index in [0.717, 1.165) is 35.8 Å². The molecule has 4 fully saturated rings. The summed E-state index contributed by atoms with van der Waals surface area (Å²) < 4.78 is 29.2. The van der Waals surface area contributed by atoms with E-state index >= 15 is 0 Å². The van der Waals surface area contributed by atoms with Gasteiger partial charge in [-0.1, -0.05) is 22.4 Å². The maximum absolute atomic E-state index is 13.7. The van der Waals surface area contributed by atoms with Gasteiger partial charge in [0.25, 0.3) is 15.9 Å². The summed E-state index contributed by atoms with van der Waals surface area (Å²) in [5, 5.41) is 1.73. The minimum absolute atomic E-state index is 0.0161. The number of sulfonamides is 1. The summed E-state index contributed by atoms with van der Waals surface area (Å²) in [5.41, 5.74) is 3.60. The van der Waals surface area contributed by atoms with Crippen LogP contribution in [-0.2, 0) is 15.4 Å². The molecule has 7 rings (SSSR count). The molecule has 180 valence electrons. The van der Waals surface area contributed by atoms with Gasteiger partial charge in [-0.2, -0.15) is 4.31 Å². The molecule has 8 heteroatoms. The lowest BCUT2D eigenvalue weighted by molar-refractivity contribution is -0.00782. The van der Waals surface area contributed by atoms with Crippen LogP contribution >= 0.6 is 27.3 Å². The van der Waals surface area contributed by atoms with Crippen LogP contribution in [-0.4, -0.2) is 38.3 Å². The first kappa shape index (κ1) is 22.0. The zero-order chi connectivity index (χ0) is 23.3. The average molecular weight is 562 g/mol. The van der Waals surface area contributed by atoms with E-state index in [9.17, 15) is 13.2 Å². The Morgan fingerprint density at radius 1 is 0.912 bits per heavy atom. The van der Waals surface area contributed by atoms with Gasteiger partial charge in [-0.15, -0.1) is 11.3 Å². The lowest BCUT2D eigenvalue weighted by atomic mass is 9.65. The number of thiophene rings is 1. The molecule has 0 bridgehead atoms. The molecule has 3 saturated carbocycles. The highest BCUT2D eigenvalue weighted by Crippen LogP contribution is 2.62. The molecule has 1 saturated heterocycles. The van der Waals surface area contributed by atoms with Gasteiger partial charge in [0.05, 0.1) is 5.56 Å². The number of benzene rings is 1. The molecule has 34 heavy (non-hydrogen) atoms. The Hall–Kier alpha value is -1.22. The van der Waals surface area contributed by atoms with Crippen molar-refractivity contribution in [1.82, 2.24) is 4.31 Å². The number of carbonyl (C=O) groups excluding carboxylic acids is 1. The van der Waals surface area contributed by atoms with E-state index in [4.69, 9.17) is 0 Å². The third-order valence-electron chi connectivity index (χ3n) is 9.61. The van der Waals surface area contributed by atoms with E-state index in [1.165, 1.54) is 49.0 Å². The van der Waals surface area contributed by atoms with Crippen molar-refractivity contribution in [1.29, 1.82) is 0 Å². The molecule has 3 spiro atoms. The number of nitrogens with zero attached hydrogens (tertiary/aromatic N) is 2. The van der Waals surface area contributed by atoms with Crippen molar-refractivity contribution in [3.63, 3.8) is 0 Å². The number of carbonyl (C=O) groups is 1. The maximum Gasteiger partial charge on any atom is 0.259 e. The van der Waals surface area contributed by atoms with E-state index in [1.807, 2.05) is 11.0 Å².